The summed E-state index contributed by atoms with van der Waals surface area (Å²) in [5.74, 6) is -2.63. The highest BCUT2D eigenvalue weighted by molar-refractivity contribution is 5.97. The highest BCUT2D eigenvalue weighted by Crippen LogP contribution is 2.49. The molecule has 2 amide bonds. The summed E-state index contributed by atoms with van der Waals surface area (Å²) >= 11 is 0. The molecule has 2 saturated heterocycles. The Kier molecular flexibility index (Phi) is 7.14. The number of benzene rings is 2. The van der Waals surface area contributed by atoms with Gasteiger partial charge >= 0.3 is 6.01 Å². The first kappa shape index (κ1) is 28.1. The van der Waals surface area contributed by atoms with Gasteiger partial charge in [-0.3, -0.25) is 9.59 Å². The molecule has 3 aliphatic heterocycles. The molecule has 0 saturated carbocycles. The average molecular weight is 580 g/mol. The number of primary amides is 1. The van der Waals surface area contributed by atoms with Crippen molar-refractivity contribution < 1.29 is 27.6 Å². The fraction of sp³-hybridized carbons (Fsp3) is 0.484. The fourth-order valence-corrected chi connectivity index (χ4v) is 6.24. The van der Waals surface area contributed by atoms with Crippen molar-refractivity contribution in [3.63, 3.8) is 0 Å². The summed E-state index contributed by atoms with van der Waals surface area (Å²) in [7, 11) is 0. The molecule has 4 heterocycles. The van der Waals surface area contributed by atoms with Crippen LogP contribution in [-0.4, -0.2) is 64.1 Å². The van der Waals surface area contributed by atoms with E-state index in [4.69, 9.17) is 15.0 Å². The van der Waals surface area contributed by atoms with E-state index in [9.17, 15) is 9.59 Å². The molecule has 3 aliphatic rings. The Morgan fingerprint density at radius 2 is 1.74 bits per heavy atom. The number of nitrogens with zero attached hydrogens (tertiary/aromatic N) is 4. The first-order valence-electron chi connectivity index (χ1n) is 14.6. The van der Waals surface area contributed by atoms with Crippen LogP contribution in [0, 0.1) is 0 Å². The topological polar surface area (TPSA) is 115 Å². The first-order valence-corrected chi connectivity index (χ1v) is 14.6. The van der Waals surface area contributed by atoms with Crippen LogP contribution in [0.4, 0.5) is 14.8 Å². The number of hydrogen-bond donors (Lipinski definition) is 1. The molecule has 1 spiro atoms. The summed E-state index contributed by atoms with van der Waals surface area (Å²) in [5, 5.41) is 3.99. The maximum atomic E-state index is 15.7. The number of halogens is 2. The van der Waals surface area contributed by atoms with Crippen molar-refractivity contribution in [1.29, 1.82) is 0 Å². The second-order valence-electron chi connectivity index (χ2n) is 11.9. The quantitative estimate of drug-likeness (QED) is 0.455. The zero-order valence-electron chi connectivity index (χ0n) is 23.8. The molecule has 1 atom stereocenters. The van der Waals surface area contributed by atoms with Crippen LogP contribution in [0.3, 0.4) is 0 Å². The van der Waals surface area contributed by atoms with Gasteiger partial charge in [-0.05, 0) is 54.7 Å². The van der Waals surface area contributed by atoms with E-state index in [1.54, 1.807) is 41.3 Å². The third kappa shape index (κ3) is 4.98. The molecule has 1 unspecified atom stereocenters. The number of nitrogens with two attached hydrogens (primary N) is 1. The molecule has 1 aromatic heterocycles. The number of aromatic nitrogens is 2. The molecule has 2 fully saturated rings. The number of carbonyl (C=O) groups excluding carboxylic acids is 2. The molecular weight excluding hydrogens is 544 g/mol. The summed E-state index contributed by atoms with van der Waals surface area (Å²) in [6.07, 6.45) is 2.09. The van der Waals surface area contributed by atoms with Crippen LogP contribution in [0.1, 0.15) is 73.6 Å². The minimum absolute atomic E-state index is 0.113. The summed E-state index contributed by atoms with van der Waals surface area (Å²) in [5.41, 5.74) is 6.37. The number of anilines is 1. The number of ether oxygens (including phenoxy) is 1. The minimum Gasteiger partial charge on any atom is -0.481 e. The lowest BCUT2D eigenvalue weighted by atomic mass is 9.79. The second-order valence-corrected chi connectivity index (χ2v) is 11.9. The number of hydrogen-bond acceptors (Lipinski definition) is 7. The third-order valence-corrected chi connectivity index (χ3v) is 8.79. The van der Waals surface area contributed by atoms with Crippen molar-refractivity contribution in [3.05, 3.63) is 59.4 Å². The molecular formula is C31H35F2N5O4. The molecule has 42 heavy (non-hydrogen) atoms. The Labute approximate surface area is 243 Å². The number of fused-ring (bicyclic) bond motifs is 1. The molecule has 0 radical (unpaired) electrons. The lowest BCUT2D eigenvalue weighted by Gasteiger charge is -2.48. The largest absolute Gasteiger partial charge is 0.481 e. The normalized spacial score (nSPS) is 21.2. The van der Waals surface area contributed by atoms with E-state index in [-0.39, 0.29) is 24.7 Å². The number of rotatable bonds is 5. The van der Waals surface area contributed by atoms with Gasteiger partial charge in [-0.25, -0.2) is 8.78 Å². The highest BCUT2D eigenvalue weighted by Gasteiger charge is 2.59. The van der Waals surface area contributed by atoms with E-state index in [2.05, 4.69) is 10.1 Å². The van der Waals surface area contributed by atoms with Crippen LogP contribution in [0.2, 0.25) is 0 Å². The van der Waals surface area contributed by atoms with E-state index in [1.165, 1.54) is 0 Å². The van der Waals surface area contributed by atoms with Crippen molar-refractivity contribution in [3.8, 4) is 16.9 Å². The zero-order chi connectivity index (χ0) is 29.6. The molecule has 6 rings (SSSR count). The summed E-state index contributed by atoms with van der Waals surface area (Å²) in [6, 6.07) is 12.1. The van der Waals surface area contributed by atoms with Crippen molar-refractivity contribution in [2.75, 3.05) is 24.5 Å². The maximum Gasteiger partial charge on any atom is 0.324 e. The van der Waals surface area contributed by atoms with Gasteiger partial charge in [0.25, 0.3) is 11.8 Å². The van der Waals surface area contributed by atoms with Crippen LogP contribution < -0.4 is 15.4 Å². The summed E-state index contributed by atoms with van der Waals surface area (Å²) < 4.78 is 42.9. The first-order chi connectivity index (χ1) is 20.1. The SMILES string of the molecule is CC(C)c1noc(N2CCC3(CC2)Oc2ccc(-c4ccc(C(=O)N5CCCCC5C(N)=O)cc4)cc2CC3(F)F)n1. The standard InChI is InChI=1S/C31H35F2N5O4/c1-19(2)27-35-29(42-36-27)37-15-12-30(13-16-37)31(32,33)18-23-17-22(10-11-25(23)41-30)20-6-8-21(9-7-20)28(40)38-14-4-3-5-24(38)26(34)39/h6-11,17,19,24H,3-5,12-16,18H2,1-2H3,(H2,34,39). The van der Waals surface area contributed by atoms with Crippen LogP contribution in [0.5, 0.6) is 5.75 Å². The summed E-state index contributed by atoms with van der Waals surface area (Å²) in [6.45, 7) is 5.07. The van der Waals surface area contributed by atoms with E-state index >= 15 is 8.78 Å². The van der Waals surface area contributed by atoms with Crippen molar-refractivity contribution >= 4 is 17.8 Å². The van der Waals surface area contributed by atoms with Crippen molar-refractivity contribution in [1.82, 2.24) is 15.0 Å². The Morgan fingerprint density at radius 3 is 2.40 bits per heavy atom. The van der Waals surface area contributed by atoms with E-state index in [1.807, 2.05) is 24.8 Å². The van der Waals surface area contributed by atoms with Crippen molar-refractivity contribution in [2.24, 2.45) is 5.73 Å². The Morgan fingerprint density at radius 1 is 1.02 bits per heavy atom. The molecule has 2 N–H and O–H groups in total. The number of piperidine rings is 2. The third-order valence-electron chi connectivity index (χ3n) is 8.79. The van der Waals surface area contributed by atoms with Gasteiger partial charge in [-0.2, -0.15) is 4.98 Å². The van der Waals surface area contributed by atoms with E-state index in [0.717, 1.165) is 24.0 Å². The van der Waals surface area contributed by atoms with Gasteiger partial charge in [-0.1, -0.05) is 37.2 Å². The monoisotopic (exact) mass is 579 g/mol. The predicted molar refractivity (Wildman–Crippen MR) is 152 cm³/mol. The fourth-order valence-electron chi connectivity index (χ4n) is 6.24. The van der Waals surface area contributed by atoms with Crippen molar-refractivity contribution in [2.45, 2.75) is 75.9 Å². The van der Waals surface area contributed by atoms with Gasteiger partial charge in [0.05, 0.1) is 0 Å². The highest BCUT2D eigenvalue weighted by atomic mass is 19.3. The second kappa shape index (κ2) is 10.7. The van der Waals surface area contributed by atoms with E-state index in [0.29, 0.717) is 54.8 Å². The van der Waals surface area contributed by atoms with Gasteiger partial charge in [0.15, 0.2) is 11.4 Å². The number of carbonyl (C=O) groups is 2. The van der Waals surface area contributed by atoms with Gasteiger partial charge < -0.3 is 24.8 Å². The van der Waals surface area contributed by atoms with Crippen LogP contribution in [0.15, 0.2) is 47.0 Å². The maximum absolute atomic E-state index is 15.7. The van der Waals surface area contributed by atoms with Crippen LogP contribution in [-0.2, 0) is 11.2 Å². The Balaban J connectivity index is 1.16. The zero-order valence-corrected chi connectivity index (χ0v) is 23.8. The number of amides is 2. The summed E-state index contributed by atoms with van der Waals surface area (Å²) in [4.78, 5) is 32.8. The van der Waals surface area contributed by atoms with Crippen LogP contribution >= 0.6 is 0 Å². The Hall–Kier alpha value is -4.02. The molecule has 3 aromatic rings. The lowest BCUT2D eigenvalue weighted by Crippen LogP contribution is -2.61. The molecule has 11 heteroatoms. The van der Waals surface area contributed by atoms with Gasteiger partial charge in [0.1, 0.15) is 11.8 Å². The van der Waals surface area contributed by atoms with E-state index < -0.39 is 29.9 Å². The average Bonchev–Trinajstić information content (AvgIpc) is 3.48. The van der Waals surface area contributed by atoms with Gasteiger partial charge in [0, 0.05) is 55.9 Å². The molecule has 222 valence electrons. The molecule has 0 bridgehead atoms. The van der Waals surface area contributed by atoms with Gasteiger partial charge in [0.2, 0.25) is 5.91 Å². The number of likely N-dealkylation sites (tertiary alicyclic amines) is 1. The predicted octanol–water partition coefficient (Wildman–Crippen LogP) is 4.95. The lowest BCUT2D eigenvalue weighted by molar-refractivity contribution is -0.185. The molecule has 9 nitrogen and oxygen atoms in total. The smallest absolute Gasteiger partial charge is 0.324 e. The number of alkyl halides is 2. The van der Waals surface area contributed by atoms with Crippen LogP contribution in [0.25, 0.3) is 11.1 Å². The molecule has 0 aliphatic carbocycles. The van der Waals surface area contributed by atoms with Gasteiger partial charge in [-0.15, -0.1) is 0 Å². The molecule has 2 aromatic carbocycles. The Bertz CT molecular complexity index is 1480. The minimum atomic E-state index is -3.07.